The van der Waals surface area contributed by atoms with Crippen molar-refractivity contribution in [3.8, 4) is 0 Å². The van der Waals surface area contributed by atoms with Crippen molar-refractivity contribution in [2.24, 2.45) is 9.98 Å². The monoisotopic (exact) mass is 528 g/mol. The fourth-order valence-corrected chi connectivity index (χ4v) is 6.37. The van der Waals surface area contributed by atoms with Crippen LogP contribution >= 0.6 is 11.3 Å². The molecule has 2 aromatic carbocycles. The number of aliphatic imine (C=N–C) groups is 2. The van der Waals surface area contributed by atoms with Crippen molar-refractivity contribution in [2.75, 3.05) is 36.5 Å². The Morgan fingerprint density at radius 1 is 1.03 bits per heavy atom. The van der Waals surface area contributed by atoms with Gasteiger partial charge in [0.1, 0.15) is 0 Å². The minimum Gasteiger partial charge on any atom is -0.439 e. The molecular weight excluding hydrogens is 500 g/mol. The Morgan fingerprint density at radius 3 is 2.63 bits per heavy atom. The number of hydrogen-bond acceptors (Lipinski definition) is 8. The molecule has 2 saturated heterocycles. The standard InChI is InChI=1S/C28H28N6O3S/c35-25-24(30-23(18-6-2-1-3-7-18)19-8-4-5-9-21(19)29-25)31-28-33-32-26(37-28)20-16-22(17-10-11-17)38-27(20)34-12-14-36-15-13-34/h1-9,16-17,24,26,32H,10-15H2,(H,29,35)(H,31,33)/t24-,26?/m1/s1. The van der Waals surface area contributed by atoms with E-state index in [1.807, 2.05) is 65.9 Å². The number of hydrogen-bond donors (Lipinski definition) is 3. The summed E-state index contributed by atoms with van der Waals surface area (Å²) in [5.74, 6) is 0.336. The first kappa shape index (κ1) is 23.4. The number of nitrogens with zero attached hydrogens (tertiary/aromatic N) is 3. The van der Waals surface area contributed by atoms with E-state index in [0.29, 0.717) is 17.3 Å². The predicted octanol–water partition coefficient (Wildman–Crippen LogP) is 3.76. The average Bonchev–Trinajstić information content (AvgIpc) is 3.58. The molecule has 4 heterocycles. The highest BCUT2D eigenvalue weighted by Gasteiger charge is 2.34. The Kier molecular flexibility index (Phi) is 6.07. The summed E-state index contributed by atoms with van der Waals surface area (Å²) in [6, 6.07) is 20.0. The van der Waals surface area contributed by atoms with E-state index in [2.05, 4.69) is 32.1 Å². The molecule has 38 heavy (non-hydrogen) atoms. The van der Waals surface area contributed by atoms with Gasteiger partial charge in [-0.3, -0.25) is 10.2 Å². The van der Waals surface area contributed by atoms with Gasteiger partial charge in [-0.25, -0.2) is 4.99 Å². The molecule has 10 heteroatoms. The quantitative estimate of drug-likeness (QED) is 0.467. The van der Waals surface area contributed by atoms with Gasteiger partial charge >= 0.3 is 6.02 Å². The summed E-state index contributed by atoms with van der Waals surface area (Å²) in [5, 5.41) is 4.19. The smallest absolute Gasteiger partial charge is 0.304 e. The number of amidine groups is 1. The minimum absolute atomic E-state index is 0.240. The molecule has 3 fully saturated rings. The molecule has 1 aromatic heterocycles. The van der Waals surface area contributed by atoms with Crippen molar-refractivity contribution in [2.45, 2.75) is 31.2 Å². The number of benzene rings is 2. The van der Waals surface area contributed by atoms with Gasteiger partial charge in [-0.1, -0.05) is 48.5 Å². The first-order valence-corrected chi connectivity index (χ1v) is 13.8. The summed E-state index contributed by atoms with van der Waals surface area (Å²) in [7, 11) is 0. The second-order valence-electron chi connectivity index (χ2n) is 9.74. The molecule has 3 aliphatic heterocycles. The normalized spacial score (nSPS) is 24.2. The van der Waals surface area contributed by atoms with Gasteiger partial charge < -0.3 is 19.7 Å². The molecule has 1 amide bonds. The summed E-state index contributed by atoms with van der Waals surface area (Å²) in [6.45, 7) is 3.17. The largest absolute Gasteiger partial charge is 0.439 e. The number of morpholine rings is 1. The molecule has 7 rings (SSSR count). The zero-order valence-corrected chi connectivity index (χ0v) is 21.5. The first-order valence-electron chi connectivity index (χ1n) is 13.0. The molecule has 2 atom stereocenters. The van der Waals surface area contributed by atoms with E-state index in [4.69, 9.17) is 14.5 Å². The minimum atomic E-state index is -1.01. The van der Waals surface area contributed by atoms with Crippen LogP contribution in [0.15, 0.2) is 70.6 Å². The van der Waals surface area contributed by atoms with Crippen molar-refractivity contribution in [1.82, 2.24) is 10.9 Å². The van der Waals surface area contributed by atoms with E-state index >= 15 is 0 Å². The molecule has 0 radical (unpaired) electrons. The maximum atomic E-state index is 13.2. The number of carbonyl (C=O) groups excluding carboxylic acids is 1. The van der Waals surface area contributed by atoms with Crippen molar-refractivity contribution in [3.05, 3.63) is 82.2 Å². The summed E-state index contributed by atoms with van der Waals surface area (Å²) in [5.41, 5.74) is 10.5. The van der Waals surface area contributed by atoms with Crippen LogP contribution < -0.4 is 21.1 Å². The summed E-state index contributed by atoms with van der Waals surface area (Å²) in [6.07, 6.45) is 1.06. The van der Waals surface area contributed by atoms with Gasteiger partial charge in [-0.05, 0) is 30.9 Å². The fourth-order valence-electron chi connectivity index (χ4n) is 4.96. The Hall–Kier alpha value is -3.73. The van der Waals surface area contributed by atoms with Crippen LogP contribution in [0.2, 0.25) is 0 Å². The van der Waals surface area contributed by atoms with Gasteiger partial charge in [0.2, 0.25) is 6.17 Å². The summed E-state index contributed by atoms with van der Waals surface area (Å²) < 4.78 is 11.8. The third kappa shape index (κ3) is 4.55. The highest BCUT2D eigenvalue weighted by molar-refractivity contribution is 7.16. The van der Waals surface area contributed by atoms with Crippen LogP contribution in [0, 0.1) is 0 Å². The van der Waals surface area contributed by atoms with Gasteiger partial charge in [-0.15, -0.1) is 11.3 Å². The predicted molar refractivity (Wildman–Crippen MR) is 148 cm³/mol. The molecule has 194 valence electrons. The maximum absolute atomic E-state index is 13.2. The van der Waals surface area contributed by atoms with Crippen LogP contribution in [-0.4, -0.2) is 50.1 Å². The molecule has 4 aliphatic rings. The number of fused-ring (bicyclic) bond motifs is 1. The topological polar surface area (TPSA) is 99.6 Å². The lowest BCUT2D eigenvalue weighted by Crippen LogP contribution is -2.36. The number of anilines is 2. The lowest BCUT2D eigenvalue weighted by molar-refractivity contribution is -0.117. The van der Waals surface area contributed by atoms with Crippen LogP contribution in [-0.2, 0) is 14.3 Å². The molecule has 1 unspecified atom stereocenters. The van der Waals surface area contributed by atoms with E-state index in [1.165, 1.54) is 22.7 Å². The van der Waals surface area contributed by atoms with E-state index in [-0.39, 0.29) is 11.9 Å². The van der Waals surface area contributed by atoms with E-state index in [0.717, 1.165) is 43.0 Å². The lowest BCUT2D eigenvalue weighted by atomic mass is 10.0. The van der Waals surface area contributed by atoms with Crippen LogP contribution in [0.25, 0.3) is 0 Å². The molecular formula is C28H28N6O3S. The molecule has 9 nitrogen and oxygen atoms in total. The Balaban J connectivity index is 1.18. The number of carbonyl (C=O) groups is 1. The van der Waals surface area contributed by atoms with Crippen molar-refractivity contribution >= 4 is 39.7 Å². The second kappa shape index (κ2) is 9.86. The number of hydrazine groups is 1. The number of thiophene rings is 1. The SMILES string of the molecule is O=C1Nc2ccccc2C(c2ccccc2)=N[C@@H]1/N=C1\NNC(c2cc(C3CC3)sc2N2CCOCC2)O1. The van der Waals surface area contributed by atoms with Crippen LogP contribution in [0.3, 0.4) is 0 Å². The Morgan fingerprint density at radius 2 is 1.82 bits per heavy atom. The number of para-hydroxylation sites is 1. The van der Waals surface area contributed by atoms with Crippen LogP contribution in [0.5, 0.6) is 0 Å². The number of nitrogens with one attached hydrogen (secondary N) is 3. The zero-order chi connectivity index (χ0) is 25.5. The molecule has 3 N–H and O–H groups in total. The fraction of sp³-hybridized carbons (Fsp3) is 0.321. The molecule has 0 spiro atoms. The molecule has 1 saturated carbocycles. The van der Waals surface area contributed by atoms with E-state index in [9.17, 15) is 4.79 Å². The van der Waals surface area contributed by atoms with Gasteiger partial charge in [0.15, 0.2) is 6.23 Å². The van der Waals surface area contributed by atoms with Gasteiger partial charge in [0.25, 0.3) is 5.91 Å². The van der Waals surface area contributed by atoms with Gasteiger partial charge in [0.05, 0.1) is 29.6 Å². The van der Waals surface area contributed by atoms with Crippen LogP contribution in [0.1, 0.15) is 46.6 Å². The van der Waals surface area contributed by atoms with Crippen molar-refractivity contribution in [3.63, 3.8) is 0 Å². The molecule has 1 aliphatic carbocycles. The molecule has 0 bridgehead atoms. The van der Waals surface area contributed by atoms with Gasteiger partial charge in [-0.2, -0.15) is 10.4 Å². The summed E-state index contributed by atoms with van der Waals surface area (Å²) in [4.78, 5) is 26.4. The van der Waals surface area contributed by atoms with E-state index < -0.39 is 12.4 Å². The van der Waals surface area contributed by atoms with Gasteiger partial charge in [0, 0.05) is 34.7 Å². The third-order valence-corrected chi connectivity index (χ3v) is 8.45. The molecule has 3 aromatic rings. The Bertz CT molecular complexity index is 1410. The number of rotatable bonds is 5. The number of benzodiazepines with no additional fused rings is 1. The van der Waals surface area contributed by atoms with Crippen molar-refractivity contribution in [1.29, 1.82) is 0 Å². The average molecular weight is 529 g/mol. The zero-order valence-electron chi connectivity index (χ0n) is 20.7. The first-order chi connectivity index (χ1) is 18.7. The van der Waals surface area contributed by atoms with Crippen LogP contribution in [0.4, 0.5) is 10.7 Å². The summed E-state index contributed by atoms with van der Waals surface area (Å²) >= 11 is 1.85. The second-order valence-corrected chi connectivity index (χ2v) is 10.8. The maximum Gasteiger partial charge on any atom is 0.304 e. The number of amides is 1. The number of ether oxygens (including phenoxy) is 2. The third-order valence-electron chi connectivity index (χ3n) is 7.07. The van der Waals surface area contributed by atoms with Crippen molar-refractivity contribution < 1.29 is 14.3 Å². The highest BCUT2D eigenvalue weighted by Crippen LogP contribution is 2.48. The Labute approximate surface area is 224 Å². The highest BCUT2D eigenvalue weighted by atomic mass is 32.1. The van der Waals surface area contributed by atoms with E-state index in [1.54, 1.807) is 0 Å². The lowest BCUT2D eigenvalue weighted by Gasteiger charge is -2.29.